The van der Waals surface area contributed by atoms with Gasteiger partial charge in [0.2, 0.25) is 0 Å². The molecule has 0 aliphatic carbocycles. The van der Waals surface area contributed by atoms with E-state index in [1.807, 2.05) is 13.8 Å². The van der Waals surface area contributed by atoms with E-state index in [4.69, 9.17) is 10.5 Å². The van der Waals surface area contributed by atoms with Crippen LogP contribution < -0.4 is 5.73 Å². The van der Waals surface area contributed by atoms with Gasteiger partial charge in [-0.25, -0.2) is 0 Å². The second-order valence-electron chi connectivity index (χ2n) is 3.84. The van der Waals surface area contributed by atoms with E-state index >= 15 is 0 Å². The molecule has 7 heteroatoms. The molecule has 0 rings (SSSR count). The molecule has 0 aromatic carbocycles. The Morgan fingerprint density at radius 1 is 1.41 bits per heavy atom. The summed E-state index contributed by atoms with van der Waals surface area (Å²) in [4.78, 5) is 25.3. The zero-order chi connectivity index (χ0) is 13.3. The van der Waals surface area contributed by atoms with Crippen molar-refractivity contribution in [3.05, 3.63) is 10.1 Å². The zero-order valence-electron chi connectivity index (χ0n) is 10.3. The van der Waals surface area contributed by atoms with E-state index in [1.54, 1.807) is 0 Å². The Balaban J connectivity index is 3.54. The summed E-state index contributed by atoms with van der Waals surface area (Å²) in [5, 5.41) is 8.98. The van der Waals surface area contributed by atoms with Gasteiger partial charge >= 0.3 is 5.97 Å². The first-order valence-corrected chi connectivity index (χ1v) is 5.68. The summed E-state index contributed by atoms with van der Waals surface area (Å²) in [5.74, 6) is -0.338. The molecule has 0 heterocycles. The molecule has 2 unspecified atom stereocenters. The fourth-order valence-corrected chi connectivity index (χ4v) is 1.10. The average molecular weight is 248 g/mol. The molecule has 7 nitrogen and oxygen atoms in total. The third kappa shape index (κ3) is 7.51. The van der Waals surface area contributed by atoms with Crippen LogP contribution in [0.4, 0.5) is 0 Å². The molecule has 0 saturated carbocycles. The smallest absolute Gasteiger partial charge is 0.323 e. The van der Waals surface area contributed by atoms with Crippen molar-refractivity contribution in [3.63, 3.8) is 0 Å². The summed E-state index contributed by atoms with van der Waals surface area (Å²) in [6.07, 6.45) is 1.80. The highest BCUT2D eigenvalue weighted by Crippen LogP contribution is 2.07. The van der Waals surface area contributed by atoms with Gasteiger partial charge in [-0.05, 0) is 18.8 Å². The molecule has 0 amide bonds. The van der Waals surface area contributed by atoms with Crippen molar-refractivity contribution in [2.24, 2.45) is 11.7 Å². The number of nitrogens with two attached hydrogens (primary N) is 1. The van der Waals surface area contributed by atoms with E-state index < -0.39 is 17.1 Å². The molecule has 0 saturated heterocycles. The van der Waals surface area contributed by atoms with Gasteiger partial charge in [-0.15, -0.1) is 10.1 Å². The second kappa shape index (κ2) is 8.74. The normalized spacial score (nSPS) is 13.8. The first-order valence-electron chi connectivity index (χ1n) is 5.68. The standard InChI is InChI=1S/C10H20N2O5/c1-3-8(2)9(11)10(13)16-6-4-5-7-17-12(14)15/h8-9H,3-7,11H2,1-2H3. The minimum Gasteiger partial charge on any atom is -0.465 e. The minimum absolute atomic E-state index is 0.0158. The van der Waals surface area contributed by atoms with Crippen LogP contribution in [0.3, 0.4) is 0 Å². The van der Waals surface area contributed by atoms with Gasteiger partial charge in [0.1, 0.15) is 6.04 Å². The Hall–Kier alpha value is -1.37. The number of ether oxygens (including phenoxy) is 1. The van der Waals surface area contributed by atoms with Gasteiger partial charge in [0, 0.05) is 0 Å². The fraction of sp³-hybridized carbons (Fsp3) is 0.900. The third-order valence-corrected chi connectivity index (χ3v) is 2.51. The maximum Gasteiger partial charge on any atom is 0.323 e. The topological polar surface area (TPSA) is 105 Å². The molecular formula is C10H20N2O5. The molecule has 0 bridgehead atoms. The van der Waals surface area contributed by atoms with Gasteiger partial charge in [0.05, 0.1) is 13.2 Å². The predicted octanol–water partition coefficient (Wildman–Crippen LogP) is 0.892. The average Bonchev–Trinajstić information content (AvgIpc) is 2.30. The lowest BCUT2D eigenvalue weighted by molar-refractivity contribution is -0.757. The number of unbranched alkanes of at least 4 members (excludes halogenated alkanes) is 1. The summed E-state index contributed by atoms with van der Waals surface area (Å²) in [5.41, 5.74) is 5.66. The Kier molecular flexibility index (Phi) is 8.04. The molecule has 0 aliphatic heterocycles. The molecule has 0 spiro atoms. The maximum absolute atomic E-state index is 11.4. The van der Waals surface area contributed by atoms with Crippen LogP contribution in [0.2, 0.25) is 0 Å². The van der Waals surface area contributed by atoms with E-state index in [2.05, 4.69) is 4.84 Å². The summed E-state index contributed by atoms with van der Waals surface area (Å²) in [7, 11) is 0. The van der Waals surface area contributed by atoms with Gasteiger partial charge < -0.3 is 15.3 Å². The van der Waals surface area contributed by atoms with Crippen molar-refractivity contribution in [2.45, 2.75) is 39.2 Å². The van der Waals surface area contributed by atoms with Crippen LogP contribution >= 0.6 is 0 Å². The number of carbonyl (C=O) groups is 1. The van der Waals surface area contributed by atoms with Crippen molar-refractivity contribution in [1.82, 2.24) is 0 Å². The largest absolute Gasteiger partial charge is 0.465 e. The lowest BCUT2D eigenvalue weighted by Crippen LogP contribution is -2.38. The molecule has 0 aromatic rings. The number of rotatable bonds is 9. The van der Waals surface area contributed by atoms with Gasteiger partial charge in [-0.3, -0.25) is 4.79 Å². The molecule has 2 N–H and O–H groups in total. The van der Waals surface area contributed by atoms with Crippen molar-refractivity contribution in [3.8, 4) is 0 Å². The van der Waals surface area contributed by atoms with E-state index in [-0.39, 0.29) is 19.1 Å². The molecule has 0 aromatic heterocycles. The number of carbonyl (C=O) groups excluding carboxylic acids is 1. The number of nitrogens with zero attached hydrogens (tertiary/aromatic N) is 1. The first kappa shape index (κ1) is 15.6. The first-order chi connectivity index (χ1) is 7.99. The summed E-state index contributed by atoms with van der Waals surface area (Å²) < 4.78 is 4.94. The Labute approximate surface area is 100 Å². The molecule has 2 atom stereocenters. The summed E-state index contributed by atoms with van der Waals surface area (Å²) in [6, 6.07) is -0.602. The van der Waals surface area contributed by atoms with Crippen LogP contribution in [-0.4, -0.2) is 30.3 Å². The summed E-state index contributed by atoms with van der Waals surface area (Å²) >= 11 is 0. The van der Waals surface area contributed by atoms with Gasteiger partial charge in [0.15, 0.2) is 0 Å². The number of hydrogen-bond donors (Lipinski definition) is 1. The fourth-order valence-electron chi connectivity index (χ4n) is 1.10. The summed E-state index contributed by atoms with van der Waals surface area (Å²) in [6.45, 7) is 4.07. The zero-order valence-corrected chi connectivity index (χ0v) is 10.3. The molecule has 100 valence electrons. The highest BCUT2D eigenvalue weighted by molar-refractivity contribution is 5.75. The second-order valence-corrected chi connectivity index (χ2v) is 3.84. The highest BCUT2D eigenvalue weighted by atomic mass is 16.9. The van der Waals surface area contributed by atoms with Crippen LogP contribution in [0.15, 0.2) is 0 Å². The Morgan fingerprint density at radius 2 is 2.00 bits per heavy atom. The lowest BCUT2D eigenvalue weighted by atomic mass is 10.0. The molecule has 0 fully saturated rings. The SMILES string of the molecule is CCC(C)C(N)C(=O)OCCCCO[N+](=O)[O-]. The van der Waals surface area contributed by atoms with Crippen molar-refractivity contribution < 1.29 is 19.5 Å². The monoisotopic (exact) mass is 248 g/mol. The lowest BCUT2D eigenvalue weighted by Gasteiger charge is -2.16. The molecule has 0 aliphatic rings. The predicted molar refractivity (Wildman–Crippen MR) is 60.6 cm³/mol. The van der Waals surface area contributed by atoms with Crippen molar-refractivity contribution in [2.75, 3.05) is 13.2 Å². The molecule has 17 heavy (non-hydrogen) atoms. The van der Waals surface area contributed by atoms with E-state index in [0.29, 0.717) is 12.8 Å². The van der Waals surface area contributed by atoms with Crippen molar-refractivity contribution in [1.29, 1.82) is 0 Å². The Morgan fingerprint density at radius 3 is 2.53 bits per heavy atom. The van der Waals surface area contributed by atoms with Gasteiger partial charge in [-0.2, -0.15) is 0 Å². The van der Waals surface area contributed by atoms with Crippen LogP contribution in [0.5, 0.6) is 0 Å². The number of esters is 1. The maximum atomic E-state index is 11.4. The third-order valence-electron chi connectivity index (χ3n) is 2.51. The van der Waals surface area contributed by atoms with Crippen LogP contribution in [0.1, 0.15) is 33.1 Å². The van der Waals surface area contributed by atoms with Crippen LogP contribution in [0, 0.1) is 16.0 Å². The quantitative estimate of drug-likeness (QED) is 0.281. The van der Waals surface area contributed by atoms with E-state index in [1.165, 1.54) is 0 Å². The van der Waals surface area contributed by atoms with Crippen LogP contribution in [-0.2, 0) is 14.4 Å². The van der Waals surface area contributed by atoms with Crippen molar-refractivity contribution >= 4 is 5.97 Å². The minimum atomic E-state index is -0.842. The Bertz CT molecular complexity index is 247. The van der Waals surface area contributed by atoms with Gasteiger partial charge in [0.25, 0.3) is 5.09 Å². The van der Waals surface area contributed by atoms with Gasteiger partial charge in [-0.1, -0.05) is 20.3 Å². The highest BCUT2D eigenvalue weighted by Gasteiger charge is 2.20. The molecule has 0 radical (unpaired) electrons. The van der Waals surface area contributed by atoms with E-state index in [9.17, 15) is 14.9 Å². The number of hydrogen-bond acceptors (Lipinski definition) is 6. The van der Waals surface area contributed by atoms with E-state index in [0.717, 1.165) is 6.42 Å². The molecular weight excluding hydrogens is 228 g/mol. The van der Waals surface area contributed by atoms with Crippen LogP contribution in [0.25, 0.3) is 0 Å².